The molecule has 256 valence electrons. The molecule has 0 unspecified atom stereocenters. The predicted molar refractivity (Wildman–Crippen MR) is 236 cm³/mol. The monoisotopic (exact) mass is 707 g/mol. The molecule has 4 heteroatoms. The van der Waals surface area contributed by atoms with Gasteiger partial charge in [0.1, 0.15) is 0 Å². The third kappa shape index (κ3) is 3.43. The molecule has 2 aromatic heterocycles. The number of nitrogens with zero attached hydrogens (tertiary/aromatic N) is 3. The lowest BCUT2D eigenvalue weighted by atomic mass is 9.34. The third-order valence-electron chi connectivity index (χ3n) is 13.0. The highest BCUT2D eigenvalue weighted by Gasteiger charge is 2.42. The molecule has 0 fully saturated rings. The molecule has 0 amide bonds. The molecule has 56 heavy (non-hydrogen) atoms. The molecule has 2 aliphatic heterocycles. The van der Waals surface area contributed by atoms with Crippen molar-refractivity contribution in [3.05, 3.63) is 182 Å². The molecular formula is C52H30BN3. The van der Waals surface area contributed by atoms with Crippen LogP contribution in [0.2, 0.25) is 0 Å². The van der Waals surface area contributed by atoms with E-state index < -0.39 is 0 Å². The maximum atomic E-state index is 2.64. The van der Waals surface area contributed by atoms with Crippen LogP contribution in [0, 0.1) is 0 Å². The second kappa shape index (κ2) is 10.3. The molecule has 0 atom stereocenters. The molecule has 0 radical (unpaired) electrons. The Morgan fingerprint density at radius 1 is 0.375 bits per heavy atom. The van der Waals surface area contributed by atoms with Crippen LogP contribution in [0.25, 0.3) is 88.0 Å². The second-order valence-corrected chi connectivity index (χ2v) is 15.6. The lowest BCUT2D eigenvalue weighted by Gasteiger charge is -2.36. The van der Waals surface area contributed by atoms with Crippen molar-refractivity contribution < 1.29 is 0 Å². The quantitative estimate of drug-likeness (QED) is 0.167. The molecule has 4 heterocycles. The summed E-state index contributed by atoms with van der Waals surface area (Å²) >= 11 is 0. The van der Waals surface area contributed by atoms with E-state index in [1.54, 1.807) is 0 Å². The van der Waals surface area contributed by atoms with E-state index in [1.807, 2.05) is 0 Å². The van der Waals surface area contributed by atoms with E-state index in [2.05, 4.69) is 196 Å². The zero-order chi connectivity index (χ0) is 36.2. The first-order valence-corrected chi connectivity index (χ1v) is 19.6. The number of para-hydroxylation sites is 4. The topological polar surface area (TPSA) is 13.1 Å². The zero-order valence-electron chi connectivity index (χ0n) is 30.2. The summed E-state index contributed by atoms with van der Waals surface area (Å²) in [5.41, 5.74) is 20.3. The van der Waals surface area contributed by atoms with Gasteiger partial charge < -0.3 is 14.0 Å². The van der Waals surface area contributed by atoms with Crippen LogP contribution in [0.1, 0.15) is 0 Å². The molecule has 0 N–H and O–H groups in total. The molecule has 1 aliphatic carbocycles. The minimum atomic E-state index is 0.0616. The van der Waals surface area contributed by atoms with Crippen molar-refractivity contribution in [2.75, 3.05) is 4.90 Å². The maximum Gasteiger partial charge on any atom is 0.252 e. The summed E-state index contributed by atoms with van der Waals surface area (Å²) in [6, 6.07) is 68.0. The van der Waals surface area contributed by atoms with E-state index in [0.29, 0.717) is 0 Å². The normalized spacial score (nSPS) is 13.0. The van der Waals surface area contributed by atoms with Crippen molar-refractivity contribution >= 4 is 94.5 Å². The molecule has 11 aromatic rings. The van der Waals surface area contributed by atoms with Crippen LogP contribution in [-0.2, 0) is 0 Å². The van der Waals surface area contributed by atoms with Crippen LogP contribution >= 0.6 is 0 Å². The Hall–Kier alpha value is -7.30. The van der Waals surface area contributed by atoms with Crippen molar-refractivity contribution in [1.82, 2.24) is 9.13 Å². The van der Waals surface area contributed by atoms with Gasteiger partial charge in [-0.1, -0.05) is 133 Å². The second-order valence-electron chi connectivity index (χ2n) is 15.6. The van der Waals surface area contributed by atoms with Gasteiger partial charge in [-0.3, -0.25) is 0 Å². The minimum Gasteiger partial charge on any atom is -0.310 e. The van der Waals surface area contributed by atoms with Gasteiger partial charge >= 0.3 is 0 Å². The van der Waals surface area contributed by atoms with Gasteiger partial charge in [0.25, 0.3) is 6.71 Å². The van der Waals surface area contributed by atoms with E-state index in [0.717, 1.165) is 17.1 Å². The largest absolute Gasteiger partial charge is 0.310 e. The number of anilines is 3. The highest BCUT2D eigenvalue weighted by molar-refractivity contribution is 7.00. The third-order valence-corrected chi connectivity index (χ3v) is 13.0. The predicted octanol–water partition coefficient (Wildman–Crippen LogP) is 11.3. The molecule has 0 spiro atoms. The standard InChI is InChI=1S/C52H30BN3/c1-3-14-32(15-4-1)54(33-16-5-2-6-17-33)34-29-45-50-46(30-34)56-44-28-25-31-13-11-21-38-35-18-7-8-19-36(35)39-26-27-42(52(56)48(39)49(44)47(31)38)53(50)41-23-12-22-40-37-20-9-10-24-43(37)55(45)51(40)41/h1-30H. The number of hydrogen-bond donors (Lipinski definition) is 0. The fourth-order valence-corrected chi connectivity index (χ4v) is 10.9. The molecule has 0 bridgehead atoms. The molecule has 9 aromatic carbocycles. The van der Waals surface area contributed by atoms with E-state index in [1.165, 1.54) is 104 Å². The summed E-state index contributed by atoms with van der Waals surface area (Å²) in [5, 5.41) is 7.93. The Morgan fingerprint density at radius 3 is 1.75 bits per heavy atom. The number of fused-ring (bicyclic) bond motifs is 11. The van der Waals surface area contributed by atoms with Crippen molar-refractivity contribution in [1.29, 1.82) is 0 Å². The average Bonchev–Trinajstić information content (AvgIpc) is 3.75. The Morgan fingerprint density at radius 2 is 0.982 bits per heavy atom. The van der Waals surface area contributed by atoms with Gasteiger partial charge in [-0.25, -0.2) is 0 Å². The maximum absolute atomic E-state index is 2.64. The van der Waals surface area contributed by atoms with Crippen LogP contribution < -0.4 is 21.3 Å². The Labute approximate surface area is 323 Å². The minimum absolute atomic E-state index is 0.0616. The fourth-order valence-electron chi connectivity index (χ4n) is 10.9. The van der Waals surface area contributed by atoms with Gasteiger partial charge in [0.2, 0.25) is 0 Å². The number of benzene rings is 9. The van der Waals surface area contributed by atoms with Gasteiger partial charge in [0.15, 0.2) is 0 Å². The van der Waals surface area contributed by atoms with Crippen molar-refractivity contribution in [3.63, 3.8) is 0 Å². The summed E-state index contributed by atoms with van der Waals surface area (Å²) in [7, 11) is 0. The highest BCUT2D eigenvalue weighted by atomic mass is 15.2. The zero-order valence-corrected chi connectivity index (χ0v) is 30.2. The Kier molecular flexibility index (Phi) is 5.33. The molecule has 0 saturated carbocycles. The summed E-state index contributed by atoms with van der Waals surface area (Å²) in [6.07, 6.45) is 0. The number of rotatable bonds is 3. The number of aromatic nitrogens is 2. The van der Waals surface area contributed by atoms with E-state index in [9.17, 15) is 0 Å². The van der Waals surface area contributed by atoms with E-state index in [4.69, 9.17) is 0 Å². The summed E-state index contributed by atoms with van der Waals surface area (Å²) < 4.78 is 5.21. The Balaban J connectivity index is 1.22. The molecule has 3 aliphatic rings. The van der Waals surface area contributed by atoms with Gasteiger partial charge in [-0.05, 0) is 97.9 Å². The molecule has 0 saturated heterocycles. The molecular weight excluding hydrogens is 677 g/mol. The van der Waals surface area contributed by atoms with Crippen LogP contribution in [0.15, 0.2) is 182 Å². The van der Waals surface area contributed by atoms with Crippen molar-refractivity contribution in [2.45, 2.75) is 0 Å². The van der Waals surface area contributed by atoms with E-state index >= 15 is 0 Å². The van der Waals surface area contributed by atoms with Gasteiger partial charge in [0.05, 0.1) is 22.2 Å². The van der Waals surface area contributed by atoms with Gasteiger partial charge in [-0.2, -0.15) is 0 Å². The van der Waals surface area contributed by atoms with Crippen molar-refractivity contribution in [3.8, 4) is 33.6 Å². The van der Waals surface area contributed by atoms with Crippen LogP contribution in [0.5, 0.6) is 0 Å². The lowest BCUT2D eigenvalue weighted by molar-refractivity contribution is 1.13. The Bertz CT molecular complexity index is 3500. The number of hydrogen-bond acceptors (Lipinski definition) is 1. The smallest absolute Gasteiger partial charge is 0.252 e. The highest BCUT2D eigenvalue weighted by Crippen LogP contribution is 2.51. The summed E-state index contributed by atoms with van der Waals surface area (Å²) in [4.78, 5) is 2.43. The van der Waals surface area contributed by atoms with Crippen LogP contribution in [0.3, 0.4) is 0 Å². The van der Waals surface area contributed by atoms with Crippen molar-refractivity contribution in [2.24, 2.45) is 0 Å². The lowest BCUT2D eigenvalue weighted by Crippen LogP contribution is -2.59. The average molecular weight is 708 g/mol. The van der Waals surface area contributed by atoms with Gasteiger partial charge in [0, 0.05) is 49.8 Å². The van der Waals surface area contributed by atoms with Crippen LogP contribution in [0.4, 0.5) is 17.1 Å². The van der Waals surface area contributed by atoms with E-state index in [-0.39, 0.29) is 6.71 Å². The molecule has 3 nitrogen and oxygen atoms in total. The first-order chi connectivity index (χ1) is 27.8. The first kappa shape index (κ1) is 29.1. The summed E-state index contributed by atoms with van der Waals surface area (Å²) in [5.74, 6) is 0. The van der Waals surface area contributed by atoms with Crippen LogP contribution in [-0.4, -0.2) is 15.8 Å². The summed E-state index contributed by atoms with van der Waals surface area (Å²) in [6.45, 7) is 0.0616. The first-order valence-electron chi connectivity index (χ1n) is 19.6. The van der Waals surface area contributed by atoms with Gasteiger partial charge in [-0.15, -0.1) is 0 Å². The fraction of sp³-hybridized carbons (Fsp3) is 0. The molecule has 14 rings (SSSR count). The SMILES string of the molecule is c1ccc(N(c2ccccc2)c2cc3c4c(c2)-n2c5ccc6cccc7c6c5c5c(ccc(c52)B4c2cccc4c5ccccc5n-3c24)-c2ccccc2-7)cc1.